The van der Waals surface area contributed by atoms with Gasteiger partial charge in [-0.3, -0.25) is 0 Å². The third-order valence-electron chi connectivity index (χ3n) is 5.32. The van der Waals surface area contributed by atoms with Crippen molar-refractivity contribution in [1.82, 2.24) is 4.90 Å². The van der Waals surface area contributed by atoms with E-state index in [-0.39, 0.29) is 0 Å². The second-order valence-electron chi connectivity index (χ2n) is 6.45. The fraction of sp³-hybridized carbons (Fsp3) is 1.00. The first-order chi connectivity index (χ1) is 7.27. The minimum absolute atomic E-state index is 0.860. The number of piperidine rings is 1. The first-order valence-corrected chi connectivity index (χ1v) is 7.02. The molecule has 15 heavy (non-hydrogen) atoms. The largest absolute Gasteiger partial charge is 0.300 e. The normalized spacial score (nSPS) is 40.6. The molecule has 1 heteroatoms. The van der Waals surface area contributed by atoms with Crippen molar-refractivity contribution in [1.29, 1.82) is 0 Å². The molecule has 0 atom stereocenters. The number of rotatable bonds is 1. The molecule has 1 nitrogen and oxygen atoms in total. The smallest absolute Gasteiger partial charge is 0.00954 e. The van der Waals surface area contributed by atoms with Gasteiger partial charge in [0.15, 0.2) is 0 Å². The quantitative estimate of drug-likeness (QED) is 0.636. The van der Waals surface area contributed by atoms with Crippen molar-refractivity contribution in [2.24, 2.45) is 11.3 Å². The van der Waals surface area contributed by atoms with Crippen LogP contribution in [0.2, 0.25) is 0 Å². The average molecular weight is 207 g/mol. The maximum absolute atomic E-state index is 2.81. The minimum atomic E-state index is 0.860. The van der Waals surface area contributed by atoms with Crippen LogP contribution in [0.25, 0.3) is 0 Å². The summed E-state index contributed by atoms with van der Waals surface area (Å²) >= 11 is 0. The SMILES string of the molecule is CC1CCC(N2CCC3(CC2)CC3)CC1. The van der Waals surface area contributed by atoms with Crippen LogP contribution in [0.15, 0.2) is 0 Å². The number of likely N-dealkylation sites (tertiary alicyclic amines) is 1. The lowest BCUT2D eigenvalue weighted by atomic mass is 9.84. The van der Waals surface area contributed by atoms with Crippen molar-refractivity contribution >= 4 is 0 Å². The Labute approximate surface area is 94.2 Å². The van der Waals surface area contributed by atoms with E-state index in [1.54, 1.807) is 12.8 Å². The lowest BCUT2D eigenvalue weighted by Crippen LogP contribution is -2.43. The molecule has 0 aromatic carbocycles. The Kier molecular flexibility index (Phi) is 2.54. The van der Waals surface area contributed by atoms with Crippen molar-refractivity contribution < 1.29 is 0 Å². The van der Waals surface area contributed by atoms with Gasteiger partial charge < -0.3 is 4.90 Å². The van der Waals surface area contributed by atoms with Crippen LogP contribution in [0.5, 0.6) is 0 Å². The van der Waals surface area contributed by atoms with E-state index in [0.29, 0.717) is 0 Å². The summed E-state index contributed by atoms with van der Waals surface area (Å²) in [6.45, 7) is 5.25. The highest BCUT2D eigenvalue weighted by Crippen LogP contribution is 2.54. The zero-order chi connectivity index (χ0) is 10.3. The highest BCUT2D eigenvalue weighted by Gasteiger charge is 2.45. The Morgan fingerprint density at radius 3 is 2.00 bits per heavy atom. The predicted molar refractivity (Wildman–Crippen MR) is 63.9 cm³/mol. The van der Waals surface area contributed by atoms with E-state index in [2.05, 4.69) is 11.8 Å². The van der Waals surface area contributed by atoms with Crippen molar-refractivity contribution in [3.63, 3.8) is 0 Å². The molecule has 1 spiro atoms. The van der Waals surface area contributed by atoms with Gasteiger partial charge in [-0.05, 0) is 75.8 Å². The van der Waals surface area contributed by atoms with Crippen LogP contribution >= 0.6 is 0 Å². The van der Waals surface area contributed by atoms with E-state index in [1.165, 1.54) is 51.6 Å². The maximum Gasteiger partial charge on any atom is 0.00954 e. The van der Waals surface area contributed by atoms with Gasteiger partial charge in [0.05, 0.1) is 0 Å². The molecule has 3 aliphatic rings. The van der Waals surface area contributed by atoms with E-state index in [9.17, 15) is 0 Å². The lowest BCUT2D eigenvalue weighted by molar-refractivity contribution is 0.0904. The summed E-state index contributed by atoms with van der Waals surface area (Å²) in [5.74, 6) is 1.00. The molecule has 2 aliphatic carbocycles. The third-order valence-corrected chi connectivity index (χ3v) is 5.32. The average Bonchev–Trinajstić information content (AvgIpc) is 3.01. The van der Waals surface area contributed by atoms with Gasteiger partial charge in [0, 0.05) is 6.04 Å². The van der Waals surface area contributed by atoms with Gasteiger partial charge in [0.25, 0.3) is 0 Å². The Morgan fingerprint density at radius 1 is 0.867 bits per heavy atom. The van der Waals surface area contributed by atoms with Crippen molar-refractivity contribution in [3.8, 4) is 0 Å². The first kappa shape index (κ1) is 10.1. The molecule has 1 saturated heterocycles. The van der Waals surface area contributed by atoms with Gasteiger partial charge in [0.2, 0.25) is 0 Å². The van der Waals surface area contributed by atoms with Gasteiger partial charge in [-0.25, -0.2) is 0 Å². The van der Waals surface area contributed by atoms with Crippen molar-refractivity contribution in [2.45, 2.75) is 64.3 Å². The van der Waals surface area contributed by atoms with E-state index in [4.69, 9.17) is 0 Å². The van der Waals surface area contributed by atoms with Gasteiger partial charge in [-0.2, -0.15) is 0 Å². The topological polar surface area (TPSA) is 3.24 Å². The van der Waals surface area contributed by atoms with Crippen LogP contribution in [-0.2, 0) is 0 Å². The summed E-state index contributed by atoms with van der Waals surface area (Å²) in [5, 5.41) is 0. The minimum Gasteiger partial charge on any atom is -0.300 e. The molecule has 1 aliphatic heterocycles. The summed E-state index contributed by atoms with van der Waals surface area (Å²) in [6.07, 6.45) is 12.0. The Bertz CT molecular complexity index is 213. The number of nitrogens with zero attached hydrogens (tertiary/aromatic N) is 1. The van der Waals surface area contributed by atoms with E-state index in [1.807, 2.05) is 0 Å². The fourth-order valence-electron chi connectivity index (χ4n) is 3.65. The molecule has 0 bridgehead atoms. The van der Waals surface area contributed by atoms with Gasteiger partial charge >= 0.3 is 0 Å². The van der Waals surface area contributed by atoms with Crippen LogP contribution in [0.3, 0.4) is 0 Å². The number of hydrogen-bond acceptors (Lipinski definition) is 1. The summed E-state index contributed by atoms with van der Waals surface area (Å²) in [6, 6.07) is 0.956. The van der Waals surface area contributed by atoms with E-state index < -0.39 is 0 Å². The van der Waals surface area contributed by atoms with Gasteiger partial charge in [-0.1, -0.05) is 6.92 Å². The van der Waals surface area contributed by atoms with E-state index >= 15 is 0 Å². The van der Waals surface area contributed by atoms with E-state index in [0.717, 1.165) is 17.4 Å². The molecule has 2 saturated carbocycles. The standard InChI is InChI=1S/C14H25N/c1-12-2-4-13(5-3-12)15-10-8-14(6-7-14)9-11-15/h12-13H,2-11H2,1H3. The molecular formula is C14H25N. The molecule has 0 unspecified atom stereocenters. The monoisotopic (exact) mass is 207 g/mol. The molecule has 0 aromatic rings. The summed E-state index contributed by atoms with van der Waals surface area (Å²) in [7, 11) is 0. The first-order valence-electron chi connectivity index (χ1n) is 7.02. The Balaban J connectivity index is 1.51. The van der Waals surface area contributed by atoms with Crippen LogP contribution in [-0.4, -0.2) is 24.0 Å². The fourth-order valence-corrected chi connectivity index (χ4v) is 3.65. The zero-order valence-corrected chi connectivity index (χ0v) is 10.2. The number of hydrogen-bond donors (Lipinski definition) is 0. The lowest BCUT2D eigenvalue weighted by Gasteiger charge is -2.40. The molecule has 0 amide bonds. The third kappa shape index (κ3) is 2.08. The van der Waals surface area contributed by atoms with Crippen LogP contribution in [0.1, 0.15) is 58.3 Å². The molecule has 3 fully saturated rings. The van der Waals surface area contributed by atoms with Gasteiger partial charge in [-0.15, -0.1) is 0 Å². The van der Waals surface area contributed by atoms with Crippen molar-refractivity contribution in [2.75, 3.05) is 13.1 Å². The summed E-state index contributed by atoms with van der Waals surface area (Å²) < 4.78 is 0. The molecule has 1 heterocycles. The molecule has 0 radical (unpaired) electrons. The molecule has 3 rings (SSSR count). The van der Waals surface area contributed by atoms with Crippen LogP contribution in [0.4, 0.5) is 0 Å². The Morgan fingerprint density at radius 2 is 1.47 bits per heavy atom. The summed E-state index contributed by atoms with van der Waals surface area (Å²) in [5.41, 5.74) is 0.860. The summed E-state index contributed by atoms with van der Waals surface area (Å²) in [4.78, 5) is 2.81. The predicted octanol–water partition coefficient (Wildman–Crippen LogP) is 3.44. The molecule has 86 valence electrons. The second kappa shape index (κ2) is 3.76. The van der Waals surface area contributed by atoms with Crippen LogP contribution < -0.4 is 0 Å². The Hall–Kier alpha value is -0.0400. The maximum atomic E-state index is 2.81. The molecule has 0 aromatic heterocycles. The van der Waals surface area contributed by atoms with Crippen molar-refractivity contribution in [3.05, 3.63) is 0 Å². The molecular weight excluding hydrogens is 182 g/mol. The van der Waals surface area contributed by atoms with Gasteiger partial charge in [0.1, 0.15) is 0 Å². The highest BCUT2D eigenvalue weighted by atomic mass is 15.2. The highest BCUT2D eigenvalue weighted by molar-refractivity contribution is 4.98. The molecule has 0 N–H and O–H groups in total. The van der Waals surface area contributed by atoms with Crippen LogP contribution in [0, 0.1) is 11.3 Å². The second-order valence-corrected chi connectivity index (χ2v) is 6.45. The zero-order valence-electron chi connectivity index (χ0n) is 10.2.